The number of nitrogens with zero attached hydrogens (tertiary/aromatic N) is 4. The number of carbonyl (C=O) groups is 1. The van der Waals surface area contributed by atoms with Gasteiger partial charge in [0.2, 0.25) is 0 Å². The van der Waals surface area contributed by atoms with Crippen LogP contribution in [0.5, 0.6) is 5.75 Å². The van der Waals surface area contributed by atoms with Crippen LogP contribution in [0.1, 0.15) is 43.2 Å². The molecule has 0 radical (unpaired) electrons. The second-order valence-corrected chi connectivity index (χ2v) is 8.89. The number of anilines is 1. The molecule has 0 bridgehead atoms. The molecule has 2 aromatic carbocycles. The molecule has 2 N–H and O–H groups in total. The van der Waals surface area contributed by atoms with Crippen LogP contribution in [-0.4, -0.2) is 43.5 Å². The van der Waals surface area contributed by atoms with Gasteiger partial charge in [-0.1, -0.05) is 12.1 Å². The Morgan fingerprint density at radius 2 is 1.94 bits per heavy atom. The number of ether oxygens (including phenoxy) is 1. The summed E-state index contributed by atoms with van der Waals surface area (Å²) in [5.41, 5.74) is 2.29. The highest BCUT2D eigenvalue weighted by Crippen LogP contribution is 2.44. The van der Waals surface area contributed by atoms with Crippen molar-refractivity contribution in [2.45, 2.75) is 38.3 Å². The average Bonchev–Trinajstić information content (AvgIpc) is 3.12. The molecule has 0 atom stereocenters. The van der Waals surface area contributed by atoms with Crippen LogP contribution in [0.2, 0.25) is 0 Å². The van der Waals surface area contributed by atoms with Crippen LogP contribution in [0.4, 0.5) is 5.69 Å². The van der Waals surface area contributed by atoms with Crippen LogP contribution in [0.3, 0.4) is 0 Å². The Hall–Kier alpha value is -3.52. The number of carbonyl (C=O) groups excluding carboxylic acids is 1. The number of rotatable bonds is 5. The summed E-state index contributed by atoms with van der Waals surface area (Å²) in [6.45, 7) is 3.71. The molecule has 1 aliphatic carbocycles. The van der Waals surface area contributed by atoms with Crippen molar-refractivity contribution in [3.05, 3.63) is 54.5 Å². The van der Waals surface area contributed by atoms with Crippen LogP contribution < -0.4 is 10.1 Å². The second kappa shape index (κ2) is 7.56. The van der Waals surface area contributed by atoms with Crippen molar-refractivity contribution in [2.24, 2.45) is 5.92 Å². The molecule has 2 aromatic heterocycles. The molecule has 0 unspecified atom stereocenters. The minimum Gasteiger partial charge on any atom is -0.494 e. The van der Waals surface area contributed by atoms with Gasteiger partial charge in [0.25, 0.3) is 5.91 Å². The van der Waals surface area contributed by atoms with Crippen molar-refractivity contribution in [3.8, 4) is 5.75 Å². The SMILES string of the molecule is COc1cc2nn(C3CC(C(C)(C)O)C3)cc2cc1NC(=O)c1cnc2ccccc2n1. The molecule has 8 heteroatoms. The summed E-state index contributed by atoms with van der Waals surface area (Å²) in [6, 6.07) is 11.4. The van der Waals surface area contributed by atoms with Gasteiger partial charge >= 0.3 is 0 Å². The fourth-order valence-electron chi connectivity index (χ4n) is 4.16. The predicted octanol–water partition coefficient (Wildman–Crippen LogP) is 3.96. The fourth-order valence-corrected chi connectivity index (χ4v) is 4.16. The summed E-state index contributed by atoms with van der Waals surface area (Å²) in [4.78, 5) is 21.6. The lowest BCUT2D eigenvalue weighted by Gasteiger charge is -2.42. The van der Waals surface area contributed by atoms with Gasteiger partial charge in [-0.05, 0) is 50.8 Å². The minimum absolute atomic E-state index is 0.230. The Morgan fingerprint density at radius 1 is 1.19 bits per heavy atom. The molecule has 8 nitrogen and oxygen atoms in total. The number of aromatic nitrogens is 4. The van der Waals surface area contributed by atoms with E-state index in [1.54, 1.807) is 7.11 Å². The third kappa shape index (κ3) is 3.67. The molecule has 0 spiro atoms. The van der Waals surface area contributed by atoms with Gasteiger partial charge in [0.1, 0.15) is 11.4 Å². The standard InChI is InChI=1S/C24H25N5O3/c1-24(2,31)15-9-16(10-15)29-13-14-8-20(22(32-3)11-19(14)28-29)27-23(30)21-12-25-17-6-4-5-7-18(17)26-21/h4-8,11-13,15-16,31H,9-10H2,1-3H3,(H,27,30). The van der Waals surface area contributed by atoms with Crippen LogP contribution in [-0.2, 0) is 0 Å². The number of nitrogens with one attached hydrogen (secondary N) is 1. The third-order valence-electron chi connectivity index (χ3n) is 6.26. The highest BCUT2D eigenvalue weighted by atomic mass is 16.5. The van der Waals surface area contributed by atoms with Crippen molar-refractivity contribution in [1.82, 2.24) is 19.7 Å². The molecule has 1 amide bonds. The van der Waals surface area contributed by atoms with Crippen LogP contribution in [0.25, 0.3) is 21.9 Å². The number of hydrogen-bond donors (Lipinski definition) is 2. The van der Waals surface area contributed by atoms with E-state index in [4.69, 9.17) is 9.84 Å². The van der Waals surface area contributed by atoms with E-state index >= 15 is 0 Å². The summed E-state index contributed by atoms with van der Waals surface area (Å²) in [6.07, 6.45) is 5.22. The second-order valence-electron chi connectivity index (χ2n) is 8.89. The van der Waals surface area contributed by atoms with E-state index < -0.39 is 5.60 Å². The van der Waals surface area contributed by atoms with Crippen molar-refractivity contribution < 1.29 is 14.6 Å². The zero-order valence-electron chi connectivity index (χ0n) is 18.2. The Morgan fingerprint density at radius 3 is 2.66 bits per heavy atom. The molecule has 164 valence electrons. The van der Waals surface area contributed by atoms with E-state index in [9.17, 15) is 9.90 Å². The van der Waals surface area contributed by atoms with Gasteiger partial charge in [-0.15, -0.1) is 0 Å². The number of para-hydroxylation sites is 2. The van der Waals surface area contributed by atoms with Crippen molar-refractivity contribution in [3.63, 3.8) is 0 Å². The molecule has 4 aromatic rings. The summed E-state index contributed by atoms with van der Waals surface area (Å²) in [5.74, 6) is 0.431. The summed E-state index contributed by atoms with van der Waals surface area (Å²) >= 11 is 0. The van der Waals surface area contributed by atoms with Crippen LogP contribution in [0, 0.1) is 5.92 Å². The van der Waals surface area contributed by atoms with Crippen molar-refractivity contribution in [2.75, 3.05) is 12.4 Å². The normalized spacial score (nSPS) is 18.5. The van der Waals surface area contributed by atoms with E-state index in [0.717, 1.165) is 29.3 Å². The number of amides is 1. The van der Waals surface area contributed by atoms with Gasteiger partial charge in [0.15, 0.2) is 0 Å². The molecule has 0 saturated heterocycles. The molecular formula is C24H25N5O3. The lowest BCUT2D eigenvalue weighted by Crippen LogP contribution is -2.41. The van der Waals surface area contributed by atoms with Crippen LogP contribution in [0.15, 0.2) is 48.8 Å². The van der Waals surface area contributed by atoms with Gasteiger partial charge in [0, 0.05) is 17.6 Å². The minimum atomic E-state index is -0.671. The number of aliphatic hydroxyl groups is 1. The largest absolute Gasteiger partial charge is 0.494 e. The first-order valence-electron chi connectivity index (χ1n) is 10.6. The molecular weight excluding hydrogens is 406 g/mol. The highest BCUT2D eigenvalue weighted by Gasteiger charge is 2.40. The summed E-state index contributed by atoms with van der Waals surface area (Å²) in [7, 11) is 1.56. The van der Waals surface area contributed by atoms with E-state index in [1.807, 2.05) is 61.1 Å². The molecule has 1 aliphatic rings. The van der Waals surface area contributed by atoms with Gasteiger partial charge in [-0.25, -0.2) is 4.98 Å². The first-order valence-corrected chi connectivity index (χ1v) is 10.6. The lowest BCUT2D eigenvalue weighted by atomic mass is 9.71. The van der Waals surface area contributed by atoms with Gasteiger partial charge in [0.05, 0.1) is 47.2 Å². The Kier molecular flexibility index (Phi) is 4.82. The zero-order valence-corrected chi connectivity index (χ0v) is 18.2. The topological polar surface area (TPSA) is 102 Å². The molecule has 0 aliphatic heterocycles. The van der Waals surface area contributed by atoms with Crippen molar-refractivity contribution in [1.29, 1.82) is 0 Å². The zero-order chi connectivity index (χ0) is 22.5. The van der Waals surface area contributed by atoms with Crippen LogP contribution >= 0.6 is 0 Å². The lowest BCUT2D eigenvalue weighted by molar-refractivity contribution is -0.0412. The Labute approximate surface area is 185 Å². The number of benzene rings is 2. The maximum Gasteiger partial charge on any atom is 0.275 e. The van der Waals surface area contributed by atoms with E-state index in [0.29, 0.717) is 17.0 Å². The highest BCUT2D eigenvalue weighted by molar-refractivity contribution is 6.05. The Balaban J connectivity index is 1.40. The molecule has 1 saturated carbocycles. The Bertz CT molecular complexity index is 1320. The molecule has 32 heavy (non-hydrogen) atoms. The summed E-state index contributed by atoms with van der Waals surface area (Å²) in [5, 5.41) is 18.7. The molecule has 5 rings (SSSR count). The number of fused-ring (bicyclic) bond motifs is 2. The fraction of sp³-hybridized carbons (Fsp3) is 0.333. The number of hydrogen-bond acceptors (Lipinski definition) is 6. The molecule has 1 fully saturated rings. The first kappa shape index (κ1) is 20.4. The van der Waals surface area contributed by atoms with Gasteiger partial charge in [-0.2, -0.15) is 5.10 Å². The van der Waals surface area contributed by atoms with Gasteiger partial charge < -0.3 is 15.2 Å². The molecule has 2 heterocycles. The average molecular weight is 431 g/mol. The van der Waals surface area contributed by atoms with E-state index in [1.165, 1.54) is 6.20 Å². The van der Waals surface area contributed by atoms with E-state index in [2.05, 4.69) is 15.3 Å². The summed E-state index contributed by atoms with van der Waals surface area (Å²) < 4.78 is 7.45. The van der Waals surface area contributed by atoms with E-state index in [-0.39, 0.29) is 23.6 Å². The number of methoxy groups -OCH3 is 1. The third-order valence-corrected chi connectivity index (χ3v) is 6.26. The maximum atomic E-state index is 12.8. The van der Waals surface area contributed by atoms with Gasteiger partial charge in [-0.3, -0.25) is 14.5 Å². The predicted molar refractivity (Wildman–Crippen MR) is 122 cm³/mol. The quantitative estimate of drug-likeness (QED) is 0.496. The smallest absolute Gasteiger partial charge is 0.275 e. The van der Waals surface area contributed by atoms with Crippen molar-refractivity contribution >= 4 is 33.5 Å². The first-order chi connectivity index (χ1) is 15.3. The monoisotopic (exact) mass is 431 g/mol. The maximum absolute atomic E-state index is 12.8.